The van der Waals surface area contributed by atoms with Crippen molar-refractivity contribution >= 4 is 6.48 Å². The van der Waals surface area contributed by atoms with Crippen molar-refractivity contribution in [1.82, 2.24) is 0 Å². The van der Waals surface area contributed by atoms with Gasteiger partial charge in [-0.3, -0.25) is 0 Å². The van der Waals surface area contributed by atoms with Crippen LogP contribution in [0.2, 0.25) is 0 Å². The van der Waals surface area contributed by atoms with E-state index in [1.54, 1.807) is 12.1 Å². The van der Waals surface area contributed by atoms with Gasteiger partial charge in [-0.05, 0) is 0 Å². The molecule has 56 heavy (non-hydrogen) atoms. The Kier molecular flexibility index (Phi) is 13.0. The Morgan fingerprint density at radius 2 is 1.09 bits per heavy atom. The number of halogens is 8. The van der Waals surface area contributed by atoms with Gasteiger partial charge >= 0.3 is 326 Å². The van der Waals surface area contributed by atoms with Crippen LogP contribution in [0.25, 0.3) is 11.1 Å². The van der Waals surface area contributed by atoms with Crippen LogP contribution in [0.4, 0.5) is 26.3 Å². The van der Waals surface area contributed by atoms with Gasteiger partial charge in [0, 0.05) is 0 Å². The molecule has 0 nitrogen and oxygen atoms in total. The van der Waals surface area contributed by atoms with Gasteiger partial charge in [-0.2, -0.15) is 0 Å². The number of hydrogen-bond donors (Lipinski definition) is 0. The van der Waals surface area contributed by atoms with E-state index in [4.69, 9.17) is 0 Å². The average molecular weight is 891 g/mol. The molecule has 298 valence electrons. The quantitative estimate of drug-likeness (QED) is 0.166. The van der Waals surface area contributed by atoms with Gasteiger partial charge in [-0.15, -0.1) is 0 Å². The van der Waals surface area contributed by atoms with Crippen LogP contribution in [0.1, 0.15) is 121 Å². The zero-order valence-electron chi connectivity index (χ0n) is 33.9. The molecule has 2 aliphatic carbocycles. The summed E-state index contributed by atoms with van der Waals surface area (Å²) in [6.07, 6.45) is -6.33. The van der Waals surface area contributed by atoms with Crippen molar-refractivity contribution in [3.05, 3.63) is 144 Å². The van der Waals surface area contributed by atoms with Gasteiger partial charge in [0.25, 0.3) is 0 Å². The Labute approximate surface area is 348 Å². The van der Waals surface area contributed by atoms with Crippen LogP contribution in [-0.4, -0.2) is 3.21 Å². The Morgan fingerprint density at radius 3 is 1.54 bits per heavy atom. The van der Waals surface area contributed by atoms with Crippen LogP contribution >= 0.6 is 0 Å². The van der Waals surface area contributed by atoms with Crippen LogP contribution in [0.15, 0.2) is 99.4 Å². The normalized spacial score (nSPS) is 15.6. The van der Waals surface area contributed by atoms with Gasteiger partial charge in [0.1, 0.15) is 0 Å². The summed E-state index contributed by atoms with van der Waals surface area (Å²) < 4.78 is 89.7. The average Bonchev–Trinajstić information content (AvgIpc) is 3.57. The number of hydrogen-bond acceptors (Lipinski definition) is 0. The predicted molar refractivity (Wildman–Crippen MR) is 207 cm³/mol. The van der Waals surface area contributed by atoms with Gasteiger partial charge in [0.15, 0.2) is 0 Å². The van der Waals surface area contributed by atoms with Crippen molar-refractivity contribution in [2.24, 2.45) is 11.3 Å². The third-order valence-electron chi connectivity index (χ3n) is 11.0. The minimum absolute atomic E-state index is 0. The fourth-order valence-corrected chi connectivity index (χ4v) is 17.0. The summed E-state index contributed by atoms with van der Waals surface area (Å²) in [7, 11) is 0. The molecule has 0 heterocycles. The zero-order valence-corrected chi connectivity index (χ0v) is 37.9. The monoisotopic (exact) mass is 888 g/mol. The number of benzene rings is 4. The number of alkyl halides is 6. The van der Waals surface area contributed by atoms with Crippen LogP contribution in [0, 0.1) is 11.3 Å². The van der Waals surface area contributed by atoms with E-state index in [-0.39, 0.29) is 47.0 Å². The van der Waals surface area contributed by atoms with E-state index in [2.05, 4.69) is 113 Å². The van der Waals surface area contributed by atoms with Crippen molar-refractivity contribution in [3.63, 3.8) is 0 Å². The van der Waals surface area contributed by atoms with Crippen LogP contribution in [0.3, 0.4) is 0 Å². The second-order valence-electron chi connectivity index (χ2n) is 18.2. The predicted octanol–water partition coefficient (Wildman–Crippen LogP) is 7.31. The van der Waals surface area contributed by atoms with Crippen LogP contribution < -0.4 is 28.1 Å². The van der Waals surface area contributed by atoms with Gasteiger partial charge in [0.2, 0.25) is 0 Å². The maximum Gasteiger partial charge on any atom is -1.00 e. The molecular formula is C47H50Cl2F6Zr. The van der Waals surface area contributed by atoms with Crippen LogP contribution in [-0.2, 0) is 50.9 Å². The van der Waals surface area contributed by atoms with Gasteiger partial charge in [0.05, 0.1) is 0 Å². The molecule has 2 aliphatic rings. The Hall–Kier alpha value is -2.73. The molecule has 0 radical (unpaired) electrons. The van der Waals surface area contributed by atoms with Crippen molar-refractivity contribution in [2.75, 3.05) is 0 Å². The third-order valence-corrected chi connectivity index (χ3v) is 19.4. The third kappa shape index (κ3) is 8.96. The van der Waals surface area contributed by atoms with Gasteiger partial charge in [-0.1, -0.05) is 0 Å². The molecule has 9 heteroatoms. The van der Waals surface area contributed by atoms with Crippen molar-refractivity contribution in [2.45, 2.75) is 106 Å². The Bertz CT molecular complexity index is 2190. The smallest absolute Gasteiger partial charge is 1.00 e. The Balaban J connectivity index is 0.00000348. The summed E-state index contributed by atoms with van der Waals surface area (Å²) in [5.41, 5.74) is 7.65. The van der Waals surface area contributed by atoms with Gasteiger partial charge in [-0.25, -0.2) is 0 Å². The molecule has 0 aliphatic heterocycles. The summed E-state index contributed by atoms with van der Waals surface area (Å²) in [4.78, 5) is 0. The maximum absolute atomic E-state index is 14.5. The molecule has 4 aromatic rings. The second kappa shape index (κ2) is 15.8. The first-order valence-corrected chi connectivity index (χ1v) is 22.3. The minimum atomic E-state index is -4.63. The molecule has 0 N–H and O–H groups in total. The molecule has 1 atom stereocenters. The SMILES string of the molecule is CC1=[C]([Zr+2](=[C](c2cccc(C(F)(F)F)c2)c2cccc(C(F)(F)F)c2)[c]2cc(C(C)(C)C)cc3c2Cc2ccc(C(C)(C)C)cc2-3)C(C)C=C1C(C)(C)C.[Cl-].[Cl-]. The Morgan fingerprint density at radius 1 is 0.589 bits per heavy atom. The van der Waals surface area contributed by atoms with E-state index in [1.165, 1.54) is 32.1 Å². The standard InChI is InChI=1S/C21H25.C15H8F6.C11H17.2ClH.Zr/c1-20(2,3)16-9-7-14-11-15-8-10-17(21(4,5)6)13-19(15)18(14)12-16;16-14(17,18)12-5-1-3-10(8-12)7-11-4-2-6-13(9-11)15(19,20)21;1-8-6-9(2)10(7-8)11(3,4)5;;;/h7,9-10,12-13H,11H2,1-6H3;1-6,8-9H;7-8H,1-5H3;2*1H;/q;;;;;+2/p-2. The first-order valence-electron chi connectivity index (χ1n) is 18.6. The number of rotatable bonds is 4. The number of allylic oxidation sites excluding steroid dienone is 4. The molecule has 0 saturated carbocycles. The first kappa shape index (κ1) is 46.0. The fraction of sp³-hybridized carbons (Fsp3) is 0.383. The molecule has 0 aromatic heterocycles. The van der Waals surface area contributed by atoms with Crippen molar-refractivity contribution in [3.8, 4) is 11.1 Å². The van der Waals surface area contributed by atoms with E-state index in [1.807, 2.05) is 0 Å². The molecule has 0 amide bonds. The van der Waals surface area contributed by atoms with E-state index >= 15 is 0 Å². The molecule has 0 spiro atoms. The summed E-state index contributed by atoms with van der Waals surface area (Å²) in [5, 5.41) is 0. The second-order valence-corrected chi connectivity index (χ2v) is 23.9. The maximum atomic E-state index is 14.5. The van der Waals surface area contributed by atoms with Crippen molar-refractivity contribution < 1.29 is 72.4 Å². The van der Waals surface area contributed by atoms with Crippen molar-refractivity contribution in [1.29, 1.82) is 0 Å². The molecule has 1 unspecified atom stereocenters. The zero-order chi connectivity index (χ0) is 39.9. The molecule has 4 aromatic carbocycles. The first-order chi connectivity index (χ1) is 24.8. The summed E-state index contributed by atoms with van der Waals surface area (Å²) >= 11 is -3.83. The van der Waals surface area contributed by atoms with Crippen LogP contribution in [0.5, 0.6) is 0 Å². The van der Waals surface area contributed by atoms with E-state index in [9.17, 15) is 26.3 Å². The van der Waals surface area contributed by atoms with E-state index in [0.29, 0.717) is 20.8 Å². The molecule has 6 rings (SSSR count). The molecule has 0 fully saturated rings. The van der Waals surface area contributed by atoms with Gasteiger partial charge < -0.3 is 24.8 Å². The topological polar surface area (TPSA) is 0 Å². The molecule has 0 bridgehead atoms. The largest absolute Gasteiger partial charge is 1.00 e. The summed E-state index contributed by atoms with van der Waals surface area (Å²) in [6.45, 7) is 23.8. The molecular weight excluding hydrogens is 841 g/mol. The molecule has 0 saturated heterocycles. The summed E-state index contributed by atoms with van der Waals surface area (Å²) in [5.74, 6) is -0.0505. The minimum Gasteiger partial charge on any atom is -1.00 e. The van der Waals surface area contributed by atoms with E-state index in [0.717, 1.165) is 55.4 Å². The summed E-state index contributed by atoms with van der Waals surface area (Å²) in [6, 6.07) is 21.7. The van der Waals surface area contributed by atoms with E-state index < -0.39 is 44.7 Å². The fourth-order valence-electron chi connectivity index (χ4n) is 8.14. The number of fused-ring (bicyclic) bond motifs is 3.